The van der Waals surface area contributed by atoms with Crippen LogP contribution in [0, 0.1) is 0 Å². The van der Waals surface area contributed by atoms with Gasteiger partial charge in [-0.05, 0) is 24.3 Å². The number of aromatic nitrogens is 1. The maximum Gasteiger partial charge on any atom is 0.259 e. The van der Waals surface area contributed by atoms with Crippen molar-refractivity contribution in [3.8, 4) is 5.88 Å². The summed E-state index contributed by atoms with van der Waals surface area (Å²) in [7, 11) is 0. The van der Waals surface area contributed by atoms with Crippen LogP contribution in [-0.2, 0) is 0 Å². The van der Waals surface area contributed by atoms with E-state index in [0.717, 1.165) is 17.9 Å². The first-order valence-corrected chi connectivity index (χ1v) is 8.12. The number of carbonyl (C=O) groups excluding carboxylic acids is 1. The van der Waals surface area contributed by atoms with E-state index in [1.807, 2.05) is 11.8 Å². The molecule has 112 valence electrons. The topological polar surface area (TPSA) is 42.4 Å². The second-order valence-electron chi connectivity index (χ2n) is 4.75. The van der Waals surface area contributed by atoms with E-state index in [4.69, 9.17) is 4.74 Å². The average Bonchev–Trinajstić information content (AvgIpc) is 3.00. The van der Waals surface area contributed by atoms with Gasteiger partial charge in [0.05, 0.1) is 0 Å². The molecule has 0 N–H and O–H groups in total. The van der Waals surface area contributed by atoms with Crippen molar-refractivity contribution in [2.45, 2.75) is 12.5 Å². The highest BCUT2D eigenvalue weighted by Gasteiger charge is 2.23. The summed E-state index contributed by atoms with van der Waals surface area (Å²) >= 11 is 1.86. The molecule has 4 nitrogen and oxygen atoms in total. The molecule has 1 amide bonds. The van der Waals surface area contributed by atoms with E-state index >= 15 is 0 Å². The largest absolute Gasteiger partial charge is 0.473 e. The van der Waals surface area contributed by atoms with E-state index in [2.05, 4.69) is 18.1 Å². The number of ether oxygens (including phenoxy) is 1. The third kappa shape index (κ3) is 4.11. The zero-order valence-electron chi connectivity index (χ0n) is 12.0. The van der Waals surface area contributed by atoms with Crippen LogP contribution in [0.3, 0.4) is 0 Å². The Bertz CT molecular complexity index is 503. The van der Waals surface area contributed by atoms with E-state index in [-0.39, 0.29) is 12.0 Å². The van der Waals surface area contributed by atoms with Gasteiger partial charge in [0.25, 0.3) is 5.91 Å². The lowest BCUT2D eigenvalue weighted by Crippen LogP contribution is -2.32. The number of hydrogen-bond donors (Lipinski definition) is 0. The molecular formula is C16H20N2O2S. The zero-order chi connectivity index (χ0) is 15.1. The van der Waals surface area contributed by atoms with Crippen molar-refractivity contribution < 1.29 is 9.53 Å². The second kappa shape index (κ2) is 7.88. The van der Waals surface area contributed by atoms with Gasteiger partial charge in [0, 0.05) is 25.0 Å². The minimum Gasteiger partial charge on any atom is -0.473 e. The molecule has 0 aliphatic carbocycles. The summed E-state index contributed by atoms with van der Waals surface area (Å²) in [5, 5.41) is 0. The van der Waals surface area contributed by atoms with Crippen LogP contribution in [0.2, 0.25) is 0 Å². The van der Waals surface area contributed by atoms with Crippen LogP contribution in [0.5, 0.6) is 5.88 Å². The number of carbonyl (C=O) groups is 1. The van der Waals surface area contributed by atoms with Crippen LogP contribution < -0.4 is 4.74 Å². The summed E-state index contributed by atoms with van der Waals surface area (Å²) in [6, 6.07) is 3.51. The van der Waals surface area contributed by atoms with Crippen LogP contribution in [0.25, 0.3) is 0 Å². The van der Waals surface area contributed by atoms with Gasteiger partial charge in [0.15, 0.2) is 0 Å². The van der Waals surface area contributed by atoms with Gasteiger partial charge in [0.2, 0.25) is 5.88 Å². The molecule has 2 rings (SSSR count). The molecule has 0 spiro atoms. The molecule has 1 unspecified atom stereocenters. The van der Waals surface area contributed by atoms with Crippen molar-refractivity contribution in [2.24, 2.45) is 0 Å². The Morgan fingerprint density at radius 1 is 1.48 bits per heavy atom. The van der Waals surface area contributed by atoms with E-state index < -0.39 is 0 Å². The third-order valence-electron chi connectivity index (χ3n) is 3.15. The highest BCUT2D eigenvalue weighted by Crippen LogP contribution is 2.24. The monoisotopic (exact) mass is 304 g/mol. The predicted molar refractivity (Wildman–Crippen MR) is 86.9 cm³/mol. The van der Waals surface area contributed by atoms with E-state index in [1.54, 1.807) is 35.4 Å². The zero-order valence-corrected chi connectivity index (χ0v) is 12.8. The van der Waals surface area contributed by atoms with Crippen LogP contribution in [0.15, 0.2) is 43.6 Å². The van der Waals surface area contributed by atoms with Crippen molar-refractivity contribution in [1.82, 2.24) is 9.88 Å². The fraction of sp³-hybridized carbons (Fsp3) is 0.375. The number of nitrogens with zero attached hydrogens (tertiary/aromatic N) is 2. The highest BCUT2D eigenvalue weighted by atomic mass is 32.2. The standard InChI is InChI=1S/C16H20N2O2S/c1-3-9-18(10-4-2)16(19)14-6-5-8-17-15(14)20-13-7-11-21-12-13/h3-6,8,13H,1-2,7,9-12H2. The van der Waals surface area contributed by atoms with Crippen LogP contribution in [-0.4, -0.2) is 46.5 Å². The predicted octanol–water partition coefficient (Wildman–Crippen LogP) is 2.78. The van der Waals surface area contributed by atoms with Gasteiger partial charge >= 0.3 is 0 Å². The third-order valence-corrected chi connectivity index (χ3v) is 4.29. The summed E-state index contributed by atoms with van der Waals surface area (Å²) in [6.07, 6.45) is 6.19. The molecule has 1 aliphatic heterocycles. The molecule has 1 saturated heterocycles. The Hall–Kier alpha value is -1.75. The van der Waals surface area contributed by atoms with Gasteiger partial charge in [-0.25, -0.2) is 4.98 Å². The summed E-state index contributed by atoms with van der Waals surface area (Å²) in [4.78, 5) is 18.5. The normalized spacial score (nSPS) is 17.2. The van der Waals surface area contributed by atoms with Gasteiger partial charge in [-0.1, -0.05) is 12.2 Å². The van der Waals surface area contributed by atoms with Crippen LogP contribution in [0.1, 0.15) is 16.8 Å². The number of amides is 1. The first kappa shape index (κ1) is 15.6. The molecule has 2 heterocycles. The molecule has 0 aromatic carbocycles. The fourth-order valence-corrected chi connectivity index (χ4v) is 3.23. The average molecular weight is 304 g/mol. The lowest BCUT2D eigenvalue weighted by molar-refractivity contribution is 0.0782. The number of hydrogen-bond acceptors (Lipinski definition) is 4. The Kier molecular flexibility index (Phi) is 5.87. The molecule has 1 atom stereocenters. The number of rotatable bonds is 7. The Balaban J connectivity index is 2.18. The minimum atomic E-state index is -0.108. The van der Waals surface area contributed by atoms with Gasteiger partial charge < -0.3 is 9.64 Å². The lowest BCUT2D eigenvalue weighted by atomic mass is 10.2. The summed E-state index contributed by atoms with van der Waals surface area (Å²) in [6.45, 7) is 8.31. The molecule has 1 aromatic rings. The molecule has 1 aliphatic rings. The number of pyridine rings is 1. The van der Waals surface area contributed by atoms with E-state index in [0.29, 0.717) is 24.5 Å². The lowest BCUT2D eigenvalue weighted by Gasteiger charge is -2.21. The summed E-state index contributed by atoms with van der Waals surface area (Å²) in [5.41, 5.74) is 0.498. The molecule has 0 radical (unpaired) electrons. The molecule has 5 heteroatoms. The molecule has 1 aromatic heterocycles. The molecular weight excluding hydrogens is 284 g/mol. The Morgan fingerprint density at radius 3 is 2.86 bits per heavy atom. The van der Waals surface area contributed by atoms with E-state index in [9.17, 15) is 4.79 Å². The van der Waals surface area contributed by atoms with Crippen molar-refractivity contribution >= 4 is 17.7 Å². The maximum atomic E-state index is 12.6. The van der Waals surface area contributed by atoms with Crippen LogP contribution in [0.4, 0.5) is 0 Å². The van der Waals surface area contributed by atoms with Crippen LogP contribution >= 0.6 is 11.8 Å². The summed E-state index contributed by atoms with van der Waals surface area (Å²) < 4.78 is 5.90. The van der Waals surface area contributed by atoms with Gasteiger partial charge in [-0.2, -0.15) is 11.8 Å². The van der Waals surface area contributed by atoms with Crippen molar-refractivity contribution in [3.63, 3.8) is 0 Å². The van der Waals surface area contributed by atoms with Gasteiger partial charge in [0.1, 0.15) is 11.7 Å². The maximum absolute atomic E-state index is 12.6. The summed E-state index contributed by atoms with van der Waals surface area (Å²) in [5.74, 6) is 2.37. The van der Waals surface area contributed by atoms with E-state index in [1.165, 1.54) is 0 Å². The molecule has 1 fully saturated rings. The SMILES string of the molecule is C=CCN(CC=C)C(=O)c1cccnc1OC1CCSC1. The molecule has 21 heavy (non-hydrogen) atoms. The quantitative estimate of drug-likeness (QED) is 0.727. The van der Waals surface area contributed by atoms with Crippen molar-refractivity contribution in [3.05, 3.63) is 49.2 Å². The first-order valence-electron chi connectivity index (χ1n) is 6.96. The Morgan fingerprint density at radius 2 is 2.24 bits per heavy atom. The van der Waals surface area contributed by atoms with Gasteiger partial charge in [-0.15, -0.1) is 13.2 Å². The van der Waals surface area contributed by atoms with Gasteiger partial charge in [-0.3, -0.25) is 4.79 Å². The fourth-order valence-electron chi connectivity index (χ4n) is 2.13. The molecule has 0 bridgehead atoms. The van der Waals surface area contributed by atoms with Crippen molar-refractivity contribution in [1.29, 1.82) is 0 Å². The molecule has 0 saturated carbocycles. The van der Waals surface area contributed by atoms with Crippen molar-refractivity contribution in [2.75, 3.05) is 24.6 Å². The minimum absolute atomic E-state index is 0.108. The highest BCUT2D eigenvalue weighted by molar-refractivity contribution is 7.99. The number of thioether (sulfide) groups is 1. The smallest absolute Gasteiger partial charge is 0.259 e. The second-order valence-corrected chi connectivity index (χ2v) is 5.90. The first-order chi connectivity index (χ1) is 10.3. The Labute approximate surface area is 129 Å².